The molecule has 0 radical (unpaired) electrons. The van der Waals surface area contributed by atoms with E-state index in [0.717, 1.165) is 6.42 Å². The zero-order chi connectivity index (χ0) is 26.0. The van der Waals surface area contributed by atoms with Crippen molar-refractivity contribution in [1.82, 2.24) is 14.7 Å². The van der Waals surface area contributed by atoms with Crippen molar-refractivity contribution in [1.29, 1.82) is 0 Å². The van der Waals surface area contributed by atoms with Crippen molar-refractivity contribution in [2.75, 3.05) is 51.2 Å². The lowest BCUT2D eigenvalue weighted by Crippen LogP contribution is -2.63. The largest absolute Gasteiger partial charge is 0.368 e. The molecule has 3 rings (SSSR count). The number of anilines is 1. The maximum absolute atomic E-state index is 13.7. The third-order valence-corrected chi connectivity index (χ3v) is 11.1. The van der Waals surface area contributed by atoms with Crippen LogP contribution in [0.1, 0.15) is 66.8 Å². The van der Waals surface area contributed by atoms with E-state index in [4.69, 9.17) is 0 Å². The van der Waals surface area contributed by atoms with Crippen LogP contribution in [0.4, 0.5) is 5.69 Å². The molecule has 2 saturated heterocycles. The lowest BCUT2D eigenvalue weighted by molar-refractivity contribution is -0.133. The van der Waals surface area contributed by atoms with Gasteiger partial charge in [-0.3, -0.25) is 10.0 Å². The first-order valence-corrected chi connectivity index (χ1v) is 14.4. The fraction of sp³-hybridized carbons (Fsp3) is 0.731. The Morgan fingerprint density at radius 3 is 1.94 bits per heavy atom. The summed E-state index contributed by atoms with van der Waals surface area (Å²) in [6.45, 7) is 13.8. The van der Waals surface area contributed by atoms with Gasteiger partial charge in [-0.2, -0.15) is 4.31 Å². The zero-order valence-electron chi connectivity index (χ0n) is 22.4. The highest BCUT2D eigenvalue weighted by molar-refractivity contribution is 7.91. The van der Waals surface area contributed by atoms with Gasteiger partial charge in [0.1, 0.15) is 0 Å². The van der Waals surface area contributed by atoms with E-state index in [0.29, 0.717) is 39.3 Å². The summed E-state index contributed by atoms with van der Waals surface area (Å²) < 4.78 is 27.3. The first-order chi connectivity index (χ1) is 16.5. The average molecular weight is 509 g/mol. The van der Waals surface area contributed by atoms with Crippen molar-refractivity contribution >= 4 is 21.6 Å². The van der Waals surface area contributed by atoms with Gasteiger partial charge in [0.25, 0.3) is 5.91 Å². The Morgan fingerprint density at radius 2 is 1.46 bits per heavy atom. The van der Waals surface area contributed by atoms with Gasteiger partial charge in [-0.15, -0.1) is 0 Å². The Labute approximate surface area is 211 Å². The van der Waals surface area contributed by atoms with Crippen LogP contribution in [0.2, 0.25) is 0 Å². The summed E-state index contributed by atoms with van der Waals surface area (Å²) in [5.41, 5.74) is 9.58. The van der Waals surface area contributed by atoms with Crippen LogP contribution >= 0.6 is 0 Å². The number of unbranched alkanes of at least 4 members (excludes halogenated alkanes) is 2. The van der Waals surface area contributed by atoms with Crippen LogP contribution in [-0.4, -0.2) is 79.8 Å². The van der Waals surface area contributed by atoms with E-state index in [1.54, 1.807) is 5.48 Å². The van der Waals surface area contributed by atoms with Crippen LogP contribution in [0.25, 0.3) is 0 Å². The molecule has 0 aromatic heterocycles. The number of hydrogen-bond acceptors (Lipinski definition) is 6. The quantitative estimate of drug-likeness (QED) is 0.319. The Bertz CT molecular complexity index is 995. The second kappa shape index (κ2) is 11.2. The lowest BCUT2D eigenvalue weighted by atomic mass is 9.88. The van der Waals surface area contributed by atoms with Crippen molar-refractivity contribution in [2.24, 2.45) is 0 Å². The van der Waals surface area contributed by atoms with Crippen molar-refractivity contribution in [2.45, 2.75) is 77.9 Å². The van der Waals surface area contributed by atoms with Crippen LogP contribution < -0.4 is 10.4 Å². The molecule has 0 spiro atoms. The van der Waals surface area contributed by atoms with Gasteiger partial charge in [0, 0.05) is 31.9 Å². The Balaban J connectivity index is 1.82. The van der Waals surface area contributed by atoms with Gasteiger partial charge >= 0.3 is 0 Å². The van der Waals surface area contributed by atoms with E-state index in [-0.39, 0.29) is 12.8 Å². The zero-order valence-corrected chi connectivity index (χ0v) is 23.2. The normalized spacial score (nSPS) is 19.7. The standard InChI is InChI=1S/C26H44N4O4S/c1-7-8-9-10-23-19(2)21(4)24(22(5)20(23)3)29-15-17-30(18-16-29)35(33,34)26(25(31)27-32)11-13-28(6)14-12-26/h32H,7-18H2,1-6H3,(H,27,31). The number of likely N-dealkylation sites (tertiary alicyclic amines) is 1. The molecule has 2 aliphatic heterocycles. The average Bonchev–Trinajstić information content (AvgIpc) is 2.85. The van der Waals surface area contributed by atoms with Crippen LogP contribution in [0.5, 0.6) is 0 Å². The van der Waals surface area contributed by atoms with E-state index in [1.165, 1.54) is 57.1 Å². The molecule has 1 aromatic rings. The molecule has 1 amide bonds. The van der Waals surface area contributed by atoms with E-state index in [2.05, 4.69) is 39.5 Å². The second-order valence-corrected chi connectivity index (χ2v) is 12.7. The number of sulfonamides is 1. The van der Waals surface area contributed by atoms with Crippen molar-refractivity contribution < 1.29 is 18.4 Å². The van der Waals surface area contributed by atoms with Gasteiger partial charge in [-0.1, -0.05) is 19.8 Å². The number of piperazine rings is 1. The number of carbonyl (C=O) groups is 1. The Kier molecular flexibility index (Phi) is 8.89. The van der Waals surface area contributed by atoms with Gasteiger partial charge in [-0.25, -0.2) is 13.9 Å². The van der Waals surface area contributed by atoms with Crippen molar-refractivity contribution in [3.63, 3.8) is 0 Å². The van der Waals surface area contributed by atoms with Crippen LogP contribution in [0, 0.1) is 27.7 Å². The van der Waals surface area contributed by atoms with Gasteiger partial charge in [0.15, 0.2) is 4.75 Å². The molecule has 2 N–H and O–H groups in total. The maximum Gasteiger partial charge on any atom is 0.266 e. The predicted octanol–water partition coefficient (Wildman–Crippen LogP) is 3.07. The summed E-state index contributed by atoms with van der Waals surface area (Å²) in [5.74, 6) is -0.815. The summed E-state index contributed by atoms with van der Waals surface area (Å²) in [6.07, 6.45) is 5.10. The van der Waals surface area contributed by atoms with Crippen molar-refractivity contribution in [3.05, 3.63) is 27.8 Å². The number of piperidine rings is 1. The molecule has 1 aromatic carbocycles. The number of hydroxylamine groups is 1. The molecule has 2 aliphatic rings. The first-order valence-electron chi connectivity index (χ1n) is 13.0. The van der Waals surface area contributed by atoms with Crippen LogP contribution in [0.15, 0.2) is 0 Å². The number of nitrogens with zero attached hydrogens (tertiary/aromatic N) is 3. The number of nitrogens with one attached hydrogen (secondary N) is 1. The van der Waals surface area contributed by atoms with E-state index in [1.807, 2.05) is 11.9 Å². The highest BCUT2D eigenvalue weighted by atomic mass is 32.2. The molecule has 0 atom stereocenters. The number of benzene rings is 1. The number of amides is 1. The minimum Gasteiger partial charge on any atom is -0.368 e. The van der Waals surface area contributed by atoms with Gasteiger partial charge in [0.05, 0.1) is 0 Å². The monoisotopic (exact) mass is 508 g/mol. The first kappa shape index (κ1) is 27.9. The second-order valence-electron chi connectivity index (χ2n) is 10.4. The molecule has 2 heterocycles. The van der Waals surface area contributed by atoms with E-state index >= 15 is 0 Å². The Morgan fingerprint density at radius 1 is 0.914 bits per heavy atom. The summed E-state index contributed by atoms with van der Waals surface area (Å²) in [4.78, 5) is 17.0. The summed E-state index contributed by atoms with van der Waals surface area (Å²) >= 11 is 0. The molecular formula is C26H44N4O4S. The van der Waals surface area contributed by atoms with Gasteiger partial charge < -0.3 is 9.80 Å². The summed E-state index contributed by atoms with van der Waals surface area (Å²) in [6, 6.07) is 0. The third kappa shape index (κ3) is 5.10. The topological polar surface area (TPSA) is 93.2 Å². The highest BCUT2D eigenvalue weighted by Gasteiger charge is 2.54. The maximum atomic E-state index is 13.7. The molecule has 35 heavy (non-hydrogen) atoms. The van der Waals surface area contributed by atoms with Crippen LogP contribution in [-0.2, 0) is 21.2 Å². The molecule has 198 valence electrons. The predicted molar refractivity (Wildman–Crippen MR) is 141 cm³/mol. The minimum absolute atomic E-state index is 0.175. The smallest absolute Gasteiger partial charge is 0.266 e. The molecule has 2 fully saturated rings. The molecule has 0 unspecified atom stereocenters. The summed E-state index contributed by atoms with van der Waals surface area (Å²) in [7, 11) is -2.02. The fourth-order valence-electron chi connectivity index (χ4n) is 5.85. The van der Waals surface area contributed by atoms with Gasteiger partial charge in [0.2, 0.25) is 10.0 Å². The van der Waals surface area contributed by atoms with Gasteiger partial charge in [-0.05, 0) is 101 Å². The SMILES string of the molecule is CCCCCc1c(C)c(C)c(N2CCN(S(=O)(=O)C3(C(=O)NO)CCN(C)CC3)CC2)c(C)c1C. The molecule has 0 aliphatic carbocycles. The van der Waals surface area contributed by atoms with Crippen molar-refractivity contribution in [3.8, 4) is 0 Å². The number of carbonyl (C=O) groups excluding carboxylic acids is 1. The van der Waals surface area contributed by atoms with Crippen LogP contribution in [0.3, 0.4) is 0 Å². The van der Waals surface area contributed by atoms with E-state index in [9.17, 15) is 18.4 Å². The molecule has 0 saturated carbocycles. The molecule has 8 nitrogen and oxygen atoms in total. The fourth-order valence-corrected chi connectivity index (χ4v) is 7.97. The van der Waals surface area contributed by atoms with E-state index < -0.39 is 20.7 Å². The number of hydrogen-bond donors (Lipinski definition) is 2. The molecule has 9 heteroatoms. The minimum atomic E-state index is -3.94. The number of rotatable bonds is 8. The molecule has 0 bridgehead atoms. The molecular weight excluding hydrogens is 464 g/mol. The Hall–Kier alpha value is -1.68. The third-order valence-electron chi connectivity index (χ3n) is 8.47. The highest BCUT2D eigenvalue weighted by Crippen LogP contribution is 2.37. The summed E-state index contributed by atoms with van der Waals surface area (Å²) in [5, 5.41) is 9.37. The lowest BCUT2D eigenvalue weighted by Gasteiger charge is -2.44.